The molecule has 0 saturated heterocycles. The van der Waals surface area contributed by atoms with Gasteiger partial charge in [-0.25, -0.2) is 8.42 Å². The number of benzene rings is 1. The Morgan fingerprint density at radius 1 is 1.37 bits per heavy atom. The monoisotopic (exact) mass is 349 g/mol. The first kappa shape index (κ1) is 16.5. The fourth-order valence-electron chi connectivity index (χ4n) is 1.46. The number of hydrogen-bond acceptors (Lipinski definition) is 4. The lowest BCUT2D eigenvalue weighted by Gasteiger charge is -2.22. The molecule has 1 aromatic rings. The van der Waals surface area contributed by atoms with Crippen molar-refractivity contribution >= 4 is 25.8 Å². The Morgan fingerprint density at radius 2 is 2.00 bits per heavy atom. The Kier molecular flexibility index (Phi) is 5.41. The van der Waals surface area contributed by atoms with Crippen molar-refractivity contribution in [1.82, 2.24) is 5.32 Å². The predicted octanol–water partition coefficient (Wildman–Crippen LogP) is 2.37. The minimum Gasteiger partial charge on any atom is -0.496 e. The standard InChI is InChI=1S/C13H20BrNO3S/c1-13(2,19(4,16)17)9-15-8-10-5-6-12(18-3)11(14)7-10/h5-7,15H,8-9H2,1-4H3. The van der Waals surface area contributed by atoms with Crippen LogP contribution in [0.15, 0.2) is 22.7 Å². The van der Waals surface area contributed by atoms with Gasteiger partial charge < -0.3 is 10.1 Å². The second kappa shape index (κ2) is 6.24. The molecule has 0 aromatic heterocycles. The van der Waals surface area contributed by atoms with Crippen LogP contribution in [0.4, 0.5) is 0 Å². The van der Waals surface area contributed by atoms with Crippen molar-refractivity contribution in [2.75, 3.05) is 19.9 Å². The zero-order valence-electron chi connectivity index (χ0n) is 11.7. The molecule has 1 aromatic carbocycles. The molecule has 6 heteroatoms. The van der Waals surface area contributed by atoms with Gasteiger partial charge in [-0.2, -0.15) is 0 Å². The van der Waals surface area contributed by atoms with Crippen LogP contribution in [0.2, 0.25) is 0 Å². The van der Waals surface area contributed by atoms with Crippen molar-refractivity contribution in [3.8, 4) is 5.75 Å². The van der Waals surface area contributed by atoms with Crippen LogP contribution >= 0.6 is 15.9 Å². The van der Waals surface area contributed by atoms with Crippen LogP contribution < -0.4 is 10.1 Å². The minimum atomic E-state index is -3.07. The molecule has 4 nitrogen and oxygen atoms in total. The van der Waals surface area contributed by atoms with Gasteiger partial charge in [0.2, 0.25) is 0 Å². The van der Waals surface area contributed by atoms with Gasteiger partial charge in [0.1, 0.15) is 5.75 Å². The molecule has 0 aliphatic carbocycles. The number of hydrogen-bond donors (Lipinski definition) is 1. The highest BCUT2D eigenvalue weighted by Gasteiger charge is 2.29. The Hall–Kier alpha value is -0.590. The van der Waals surface area contributed by atoms with Crippen LogP contribution in [0.1, 0.15) is 19.4 Å². The van der Waals surface area contributed by atoms with E-state index in [9.17, 15) is 8.42 Å². The zero-order chi connectivity index (χ0) is 14.7. The van der Waals surface area contributed by atoms with Gasteiger partial charge in [0, 0.05) is 19.3 Å². The maximum atomic E-state index is 11.6. The molecule has 0 saturated carbocycles. The van der Waals surface area contributed by atoms with E-state index in [0.717, 1.165) is 15.8 Å². The third-order valence-corrected chi connectivity index (χ3v) is 5.87. The summed E-state index contributed by atoms with van der Waals surface area (Å²) in [6.07, 6.45) is 1.26. The number of rotatable bonds is 6. The quantitative estimate of drug-likeness (QED) is 0.856. The molecule has 0 aliphatic heterocycles. The van der Waals surface area contributed by atoms with Crippen LogP contribution in [0.3, 0.4) is 0 Å². The van der Waals surface area contributed by atoms with E-state index >= 15 is 0 Å². The molecule has 19 heavy (non-hydrogen) atoms. The van der Waals surface area contributed by atoms with Crippen molar-refractivity contribution in [2.45, 2.75) is 25.1 Å². The summed E-state index contributed by atoms with van der Waals surface area (Å²) in [5.74, 6) is 0.778. The SMILES string of the molecule is COc1ccc(CNCC(C)(C)S(C)(=O)=O)cc1Br. The molecule has 0 unspecified atom stereocenters. The van der Waals surface area contributed by atoms with E-state index in [4.69, 9.17) is 4.74 Å². The van der Waals surface area contributed by atoms with E-state index in [1.54, 1.807) is 21.0 Å². The molecule has 0 aliphatic rings. The van der Waals surface area contributed by atoms with Crippen LogP contribution in [0.25, 0.3) is 0 Å². The largest absolute Gasteiger partial charge is 0.496 e. The fourth-order valence-corrected chi connectivity index (χ4v) is 2.41. The van der Waals surface area contributed by atoms with Gasteiger partial charge in [-0.1, -0.05) is 6.07 Å². The smallest absolute Gasteiger partial charge is 0.153 e. The van der Waals surface area contributed by atoms with Crippen LogP contribution in [-0.2, 0) is 16.4 Å². The number of sulfone groups is 1. The summed E-state index contributed by atoms with van der Waals surface area (Å²) >= 11 is 3.42. The van der Waals surface area contributed by atoms with Gasteiger partial charge in [0.25, 0.3) is 0 Å². The lowest BCUT2D eigenvalue weighted by atomic mass is 10.2. The van der Waals surface area contributed by atoms with E-state index in [1.807, 2.05) is 18.2 Å². The summed E-state index contributed by atoms with van der Waals surface area (Å²) in [5, 5.41) is 3.17. The molecule has 0 fully saturated rings. The van der Waals surface area contributed by atoms with Gasteiger partial charge in [-0.3, -0.25) is 0 Å². The van der Waals surface area contributed by atoms with Gasteiger partial charge >= 0.3 is 0 Å². The molecule has 0 bridgehead atoms. The van der Waals surface area contributed by atoms with Gasteiger partial charge in [-0.05, 0) is 47.5 Å². The highest BCUT2D eigenvalue weighted by Crippen LogP contribution is 2.25. The lowest BCUT2D eigenvalue weighted by Crippen LogP contribution is -2.41. The second-order valence-corrected chi connectivity index (χ2v) is 8.61. The first-order valence-electron chi connectivity index (χ1n) is 5.90. The number of ether oxygens (including phenoxy) is 1. The average molecular weight is 350 g/mol. The Morgan fingerprint density at radius 3 is 2.47 bits per heavy atom. The van der Waals surface area contributed by atoms with Crippen LogP contribution in [0.5, 0.6) is 5.75 Å². The van der Waals surface area contributed by atoms with Crippen LogP contribution in [0, 0.1) is 0 Å². The Bertz CT molecular complexity index is 541. The van der Waals surface area contributed by atoms with E-state index in [2.05, 4.69) is 21.2 Å². The second-order valence-electron chi connectivity index (χ2n) is 5.10. The predicted molar refractivity (Wildman–Crippen MR) is 81.3 cm³/mol. The normalized spacial score (nSPS) is 12.5. The van der Waals surface area contributed by atoms with Gasteiger partial charge in [-0.15, -0.1) is 0 Å². The molecule has 1 rings (SSSR count). The third-order valence-electron chi connectivity index (χ3n) is 3.10. The summed E-state index contributed by atoms with van der Waals surface area (Å²) in [6.45, 7) is 4.47. The fraction of sp³-hybridized carbons (Fsp3) is 0.538. The molecule has 1 N–H and O–H groups in total. The topological polar surface area (TPSA) is 55.4 Å². The molecule has 0 amide bonds. The van der Waals surface area contributed by atoms with Crippen molar-refractivity contribution in [3.63, 3.8) is 0 Å². The molecule has 0 radical (unpaired) electrons. The molecule has 108 valence electrons. The van der Waals surface area contributed by atoms with Crippen molar-refractivity contribution in [2.24, 2.45) is 0 Å². The third kappa shape index (κ3) is 4.47. The molecule has 0 heterocycles. The zero-order valence-corrected chi connectivity index (χ0v) is 14.1. The number of halogens is 1. The van der Waals surface area contributed by atoms with E-state index in [1.165, 1.54) is 6.26 Å². The van der Waals surface area contributed by atoms with E-state index in [0.29, 0.717) is 13.1 Å². The minimum absolute atomic E-state index is 0.412. The summed E-state index contributed by atoms with van der Waals surface area (Å²) in [7, 11) is -1.45. The molecule has 0 spiro atoms. The molecular formula is C13H20BrNO3S. The maximum absolute atomic E-state index is 11.6. The summed E-state index contributed by atoms with van der Waals surface area (Å²) in [6, 6.07) is 5.78. The van der Waals surface area contributed by atoms with Crippen molar-refractivity contribution < 1.29 is 13.2 Å². The maximum Gasteiger partial charge on any atom is 0.153 e. The van der Waals surface area contributed by atoms with Gasteiger partial charge in [0.15, 0.2) is 9.84 Å². The van der Waals surface area contributed by atoms with E-state index < -0.39 is 14.6 Å². The number of nitrogens with one attached hydrogen (secondary N) is 1. The summed E-state index contributed by atoms with van der Waals surface area (Å²) in [4.78, 5) is 0. The molecule has 0 atom stereocenters. The van der Waals surface area contributed by atoms with Gasteiger partial charge in [0.05, 0.1) is 16.3 Å². The van der Waals surface area contributed by atoms with Crippen LogP contribution in [-0.4, -0.2) is 33.1 Å². The number of methoxy groups -OCH3 is 1. The average Bonchev–Trinajstić information content (AvgIpc) is 2.27. The Balaban J connectivity index is 2.62. The highest BCUT2D eigenvalue weighted by molar-refractivity contribution is 9.10. The van der Waals surface area contributed by atoms with Crippen molar-refractivity contribution in [3.05, 3.63) is 28.2 Å². The Labute approximate surface area is 123 Å². The lowest BCUT2D eigenvalue weighted by molar-refractivity contribution is 0.412. The summed E-state index contributed by atoms with van der Waals surface area (Å²) < 4.78 is 28.4. The van der Waals surface area contributed by atoms with Crippen molar-refractivity contribution in [1.29, 1.82) is 0 Å². The molecular weight excluding hydrogens is 330 g/mol. The first-order valence-corrected chi connectivity index (χ1v) is 8.58. The first-order chi connectivity index (χ1) is 8.67. The highest BCUT2D eigenvalue weighted by atomic mass is 79.9. The van der Waals surface area contributed by atoms with E-state index in [-0.39, 0.29) is 0 Å². The summed E-state index contributed by atoms with van der Waals surface area (Å²) in [5.41, 5.74) is 1.07.